The van der Waals surface area contributed by atoms with E-state index >= 15 is 0 Å². The van der Waals surface area contributed by atoms with Gasteiger partial charge in [0.25, 0.3) is 5.56 Å². The Labute approximate surface area is 220 Å². The standard InChI is InChI=1S/C26H27N3O8S/c1-15-21-24(32)28(14-20(30)31)26(33)29(25(21)38-22(15)23-27-9-12-36-23)13-19(37-16-7-10-35-11-8-16)17-5-3-4-6-18(17)34-2/h3-6,9,12,16,19H,7-8,10-11,13-14H2,1-2H3,(H,30,31). The van der Waals surface area contributed by atoms with Crippen LogP contribution in [0.4, 0.5) is 0 Å². The highest BCUT2D eigenvalue weighted by molar-refractivity contribution is 7.22. The van der Waals surface area contributed by atoms with Gasteiger partial charge in [-0.05, 0) is 31.4 Å². The minimum absolute atomic E-state index is 0.0257. The number of carboxylic acid groups (broad SMARTS) is 1. The van der Waals surface area contributed by atoms with Gasteiger partial charge in [0.15, 0.2) is 0 Å². The SMILES string of the molecule is COc1ccccc1C(Cn1c(=O)n(CC(=O)O)c(=O)c2c(C)c(-c3ncco3)sc21)OC1CCOCC1. The lowest BCUT2D eigenvalue weighted by molar-refractivity contribution is -0.137. The molecule has 1 atom stereocenters. The molecule has 1 N–H and O–H groups in total. The Morgan fingerprint density at radius 3 is 2.68 bits per heavy atom. The molecular formula is C26H27N3O8S. The number of methoxy groups -OCH3 is 1. The summed E-state index contributed by atoms with van der Waals surface area (Å²) in [6.45, 7) is 2.13. The Kier molecular flexibility index (Phi) is 7.45. The van der Waals surface area contributed by atoms with Crippen molar-refractivity contribution in [3.05, 3.63) is 68.7 Å². The number of carboxylic acids is 1. The molecule has 1 aliphatic heterocycles. The van der Waals surface area contributed by atoms with Gasteiger partial charge >= 0.3 is 11.7 Å². The van der Waals surface area contributed by atoms with E-state index in [-0.39, 0.29) is 18.0 Å². The van der Waals surface area contributed by atoms with E-state index in [0.717, 1.165) is 10.1 Å². The molecule has 0 spiro atoms. The van der Waals surface area contributed by atoms with E-state index < -0.39 is 29.9 Å². The van der Waals surface area contributed by atoms with E-state index in [9.17, 15) is 19.5 Å². The quantitative estimate of drug-likeness (QED) is 0.339. The summed E-state index contributed by atoms with van der Waals surface area (Å²) in [5.74, 6) is -0.391. The number of aromatic nitrogens is 3. The van der Waals surface area contributed by atoms with E-state index in [2.05, 4.69) is 4.98 Å². The van der Waals surface area contributed by atoms with Crippen molar-refractivity contribution in [2.75, 3.05) is 20.3 Å². The highest BCUT2D eigenvalue weighted by atomic mass is 32.1. The number of aryl methyl sites for hydroxylation is 1. The first-order chi connectivity index (χ1) is 18.4. The van der Waals surface area contributed by atoms with Gasteiger partial charge in [0.05, 0.1) is 36.2 Å². The Morgan fingerprint density at radius 1 is 1.24 bits per heavy atom. The first kappa shape index (κ1) is 25.9. The predicted molar refractivity (Wildman–Crippen MR) is 139 cm³/mol. The molecule has 3 aromatic heterocycles. The zero-order valence-electron chi connectivity index (χ0n) is 20.9. The largest absolute Gasteiger partial charge is 0.496 e. The van der Waals surface area contributed by atoms with E-state index in [1.54, 1.807) is 14.0 Å². The molecular weight excluding hydrogens is 514 g/mol. The third-order valence-electron chi connectivity index (χ3n) is 6.57. The zero-order chi connectivity index (χ0) is 26.8. The van der Waals surface area contributed by atoms with Crippen LogP contribution in [0.25, 0.3) is 21.0 Å². The molecule has 0 radical (unpaired) electrons. The fraction of sp³-hybridized carbons (Fsp3) is 0.385. The maximum Gasteiger partial charge on any atom is 0.332 e. The fourth-order valence-electron chi connectivity index (χ4n) is 4.73. The van der Waals surface area contributed by atoms with E-state index in [4.69, 9.17) is 18.6 Å². The van der Waals surface area contributed by atoms with Crippen LogP contribution in [0.2, 0.25) is 0 Å². The third-order valence-corrected chi connectivity index (χ3v) is 7.88. The van der Waals surface area contributed by atoms with Gasteiger partial charge in [-0.15, -0.1) is 11.3 Å². The number of hydrogen-bond donors (Lipinski definition) is 1. The number of rotatable bonds is 9. The predicted octanol–water partition coefficient (Wildman–Crippen LogP) is 3.22. The van der Waals surface area contributed by atoms with E-state index in [0.29, 0.717) is 53.0 Å². The van der Waals surface area contributed by atoms with Crippen LogP contribution in [0.5, 0.6) is 5.75 Å². The normalized spacial score (nSPS) is 15.1. The second-order valence-corrected chi connectivity index (χ2v) is 9.93. The highest BCUT2D eigenvalue weighted by Gasteiger charge is 2.28. The Hall–Kier alpha value is -3.74. The van der Waals surface area contributed by atoms with Crippen molar-refractivity contribution in [2.45, 2.75) is 45.1 Å². The molecule has 11 nitrogen and oxygen atoms in total. The first-order valence-electron chi connectivity index (χ1n) is 12.1. The highest BCUT2D eigenvalue weighted by Crippen LogP contribution is 2.37. The fourth-order valence-corrected chi connectivity index (χ4v) is 5.97. The summed E-state index contributed by atoms with van der Waals surface area (Å²) < 4.78 is 25.2. The molecule has 4 heterocycles. The summed E-state index contributed by atoms with van der Waals surface area (Å²) in [5, 5.41) is 9.71. The number of oxazole rings is 1. The Balaban J connectivity index is 1.70. The molecule has 0 amide bonds. The van der Waals surface area contributed by atoms with Gasteiger partial charge in [0.2, 0.25) is 5.89 Å². The van der Waals surface area contributed by atoms with Crippen LogP contribution in [-0.2, 0) is 27.4 Å². The average molecular weight is 542 g/mol. The molecule has 12 heteroatoms. The van der Waals surface area contributed by atoms with Gasteiger partial charge in [0, 0.05) is 18.8 Å². The first-order valence-corrected chi connectivity index (χ1v) is 12.9. The minimum atomic E-state index is -1.30. The summed E-state index contributed by atoms with van der Waals surface area (Å²) in [6.07, 6.45) is 3.58. The van der Waals surface area contributed by atoms with E-state index in [1.807, 2.05) is 24.3 Å². The van der Waals surface area contributed by atoms with Crippen LogP contribution in [-0.4, -0.2) is 51.6 Å². The molecule has 0 saturated carbocycles. The molecule has 1 fully saturated rings. The zero-order valence-corrected chi connectivity index (χ0v) is 21.7. The number of benzene rings is 1. The topological polar surface area (TPSA) is 135 Å². The Morgan fingerprint density at radius 2 is 2.00 bits per heavy atom. The maximum absolute atomic E-state index is 13.7. The van der Waals surface area contributed by atoms with Crippen molar-refractivity contribution < 1.29 is 28.5 Å². The summed E-state index contributed by atoms with van der Waals surface area (Å²) in [6, 6.07) is 7.39. The average Bonchev–Trinajstić information content (AvgIpc) is 3.57. The number of ether oxygens (including phenoxy) is 3. The maximum atomic E-state index is 13.7. The van der Waals surface area contributed by atoms with Crippen molar-refractivity contribution in [3.8, 4) is 16.5 Å². The van der Waals surface area contributed by atoms with Gasteiger partial charge < -0.3 is 23.7 Å². The van der Waals surface area contributed by atoms with Gasteiger partial charge in [0.1, 0.15) is 29.5 Å². The molecule has 1 unspecified atom stereocenters. The summed E-state index contributed by atoms with van der Waals surface area (Å²) >= 11 is 1.20. The van der Waals surface area contributed by atoms with Crippen molar-refractivity contribution in [2.24, 2.45) is 0 Å². The molecule has 1 aliphatic rings. The van der Waals surface area contributed by atoms with Gasteiger partial charge in [-0.1, -0.05) is 18.2 Å². The molecule has 1 aromatic carbocycles. The molecule has 38 heavy (non-hydrogen) atoms. The van der Waals surface area contributed by atoms with Crippen LogP contribution in [0, 0.1) is 6.92 Å². The molecule has 200 valence electrons. The van der Waals surface area contributed by atoms with Crippen LogP contribution in [0.3, 0.4) is 0 Å². The second kappa shape index (κ2) is 10.9. The van der Waals surface area contributed by atoms with Gasteiger partial charge in [-0.2, -0.15) is 0 Å². The number of hydrogen-bond acceptors (Lipinski definition) is 9. The second-order valence-electron chi connectivity index (χ2n) is 8.93. The van der Waals surface area contributed by atoms with Crippen molar-refractivity contribution in [3.63, 3.8) is 0 Å². The van der Waals surface area contributed by atoms with Gasteiger partial charge in [-0.25, -0.2) is 14.3 Å². The molecule has 1 saturated heterocycles. The van der Waals surface area contributed by atoms with Crippen molar-refractivity contribution >= 4 is 27.5 Å². The van der Waals surface area contributed by atoms with Gasteiger partial charge in [-0.3, -0.25) is 14.2 Å². The number of para-hydroxylation sites is 1. The summed E-state index contributed by atoms with van der Waals surface area (Å²) in [5.41, 5.74) is -0.113. The van der Waals surface area contributed by atoms with Crippen LogP contribution < -0.4 is 16.0 Å². The smallest absolute Gasteiger partial charge is 0.332 e. The lowest BCUT2D eigenvalue weighted by Crippen LogP contribution is -2.42. The summed E-state index contributed by atoms with van der Waals surface area (Å²) in [4.78, 5) is 43.9. The number of carbonyl (C=O) groups is 1. The summed E-state index contributed by atoms with van der Waals surface area (Å²) in [7, 11) is 1.56. The lowest BCUT2D eigenvalue weighted by Gasteiger charge is -2.29. The number of thiophene rings is 1. The van der Waals surface area contributed by atoms with Crippen LogP contribution in [0.1, 0.15) is 30.1 Å². The Bertz CT molecular complexity index is 1560. The monoisotopic (exact) mass is 541 g/mol. The number of nitrogens with zero attached hydrogens (tertiary/aromatic N) is 3. The molecule has 0 aliphatic carbocycles. The molecule has 4 aromatic rings. The number of aliphatic carboxylic acids is 1. The lowest BCUT2D eigenvalue weighted by atomic mass is 10.1. The number of fused-ring (bicyclic) bond motifs is 1. The molecule has 0 bridgehead atoms. The van der Waals surface area contributed by atoms with Crippen molar-refractivity contribution in [1.82, 2.24) is 14.1 Å². The third kappa shape index (κ3) is 4.89. The van der Waals surface area contributed by atoms with Crippen molar-refractivity contribution in [1.29, 1.82) is 0 Å². The molecule has 5 rings (SSSR count). The van der Waals surface area contributed by atoms with Crippen LogP contribution >= 0.6 is 11.3 Å². The minimum Gasteiger partial charge on any atom is -0.496 e. The van der Waals surface area contributed by atoms with E-state index in [1.165, 1.54) is 28.4 Å². The van der Waals surface area contributed by atoms with Crippen LogP contribution in [0.15, 0.2) is 50.7 Å².